The monoisotopic (exact) mass is 444 g/mol. The molecule has 1 aliphatic rings. The summed E-state index contributed by atoms with van der Waals surface area (Å²) in [5, 5.41) is 8.52. The van der Waals surface area contributed by atoms with Crippen LogP contribution in [-0.2, 0) is 14.3 Å². The number of benzene rings is 2. The highest BCUT2D eigenvalue weighted by molar-refractivity contribution is 6.33. The molecule has 1 saturated heterocycles. The van der Waals surface area contributed by atoms with Crippen LogP contribution in [0.25, 0.3) is 0 Å². The second-order valence-corrected chi connectivity index (χ2v) is 7.59. The van der Waals surface area contributed by atoms with Gasteiger partial charge in [-0.2, -0.15) is 0 Å². The van der Waals surface area contributed by atoms with Gasteiger partial charge in [-0.1, -0.05) is 23.7 Å². The first-order chi connectivity index (χ1) is 14.9. The zero-order valence-electron chi connectivity index (χ0n) is 17.2. The highest BCUT2D eigenvalue weighted by Gasteiger charge is 2.18. The predicted molar refractivity (Wildman–Crippen MR) is 119 cm³/mol. The van der Waals surface area contributed by atoms with Gasteiger partial charge in [-0.3, -0.25) is 19.3 Å². The molecule has 8 nitrogen and oxygen atoms in total. The van der Waals surface area contributed by atoms with Crippen LogP contribution in [0.1, 0.15) is 17.3 Å². The fraction of sp³-hybridized carbons (Fsp3) is 0.318. The fourth-order valence-electron chi connectivity index (χ4n) is 3.04. The van der Waals surface area contributed by atoms with Crippen molar-refractivity contribution in [3.8, 4) is 0 Å². The fourth-order valence-corrected chi connectivity index (χ4v) is 3.26. The Labute approximate surface area is 185 Å². The molecule has 1 unspecified atom stereocenters. The number of nitrogens with zero attached hydrogens (tertiary/aromatic N) is 1. The summed E-state index contributed by atoms with van der Waals surface area (Å²) >= 11 is 6.02. The molecule has 3 amide bonds. The molecule has 0 spiro atoms. The maximum Gasteiger partial charge on any atom is 0.253 e. The van der Waals surface area contributed by atoms with Crippen LogP contribution in [0.5, 0.6) is 0 Å². The van der Waals surface area contributed by atoms with Crippen molar-refractivity contribution < 1.29 is 19.1 Å². The van der Waals surface area contributed by atoms with Crippen molar-refractivity contribution in [1.29, 1.82) is 0 Å². The lowest BCUT2D eigenvalue weighted by Gasteiger charge is -2.25. The van der Waals surface area contributed by atoms with Gasteiger partial charge >= 0.3 is 0 Å². The van der Waals surface area contributed by atoms with Crippen molar-refractivity contribution in [2.75, 3.05) is 43.5 Å². The first-order valence-electron chi connectivity index (χ1n) is 9.98. The summed E-state index contributed by atoms with van der Waals surface area (Å²) in [6.07, 6.45) is 0. The van der Waals surface area contributed by atoms with Gasteiger partial charge in [-0.05, 0) is 43.3 Å². The van der Waals surface area contributed by atoms with Gasteiger partial charge in [0.25, 0.3) is 5.91 Å². The number of rotatable bonds is 7. The van der Waals surface area contributed by atoms with Gasteiger partial charge in [-0.25, -0.2) is 0 Å². The Kier molecular flexibility index (Phi) is 8.00. The van der Waals surface area contributed by atoms with Crippen LogP contribution in [-0.4, -0.2) is 61.5 Å². The summed E-state index contributed by atoms with van der Waals surface area (Å²) in [5.41, 5.74) is 1.49. The van der Waals surface area contributed by atoms with Crippen LogP contribution in [0.4, 0.5) is 11.4 Å². The molecule has 1 heterocycles. The standard InChI is InChI=1S/C22H25ClN4O4/c1-15(24-22(30)18-4-2-3-5-19(18)23)21(29)26-17-8-6-16(7-9-17)25-20(28)14-27-10-12-31-13-11-27/h2-9,15H,10-14H2,1H3,(H,24,30)(H,25,28)(H,26,29). The molecular formula is C22H25ClN4O4. The van der Waals surface area contributed by atoms with E-state index in [9.17, 15) is 14.4 Å². The van der Waals surface area contributed by atoms with E-state index in [0.717, 1.165) is 13.1 Å². The van der Waals surface area contributed by atoms with E-state index in [0.29, 0.717) is 41.7 Å². The molecule has 0 radical (unpaired) electrons. The normalized spacial score (nSPS) is 15.0. The smallest absolute Gasteiger partial charge is 0.253 e. The van der Waals surface area contributed by atoms with Gasteiger partial charge in [0, 0.05) is 24.5 Å². The molecule has 3 rings (SSSR count). The van der Waals surface area contributed by atoms with Crippen LogP contribution >= 0.6 is 11.6 Å². The molecule has 3 N–H and O–H groups in total. The molecule has 164 valence electrons. The van der Waals surface area contributed by atoms with Gasteiger partial charge in [0.15, 0.2) is 0 Å². The van der Waals surface area contributed by atoms with Crippen molar-refractivity contribution in [3.05, 3.63) is 59.1 Å². The number of morpholine rings is 1. The van der Waals surface area contributed by atoms with E-state index in [1.807, 2.05) is 4.90 Å². The minimum Gasteiger partial charge on any atom is -0.379 e. The maximum atomic E-state index is 12.4. The molecule has 1 atom stereocenters. The Morgan fingerprint density at radius 1 is 1.00 bits per heavy atom. The van der Waals surface area contributed by atoms with Crippen LogP contribution in [0.3, 0.4) is 0 Å². The average molecular weight is 445 g/mol. The van der Waals surface area contributed by atoms with Crippen molar-refractivity contribution in [1.82, 2.24) is 10.2 Å². The van der Waals surface area contributed by atoms with Gasteiger partial charge < -0.3 is 20.7 Å². The van der Waals surface area contributed by atoms with Gasteiger partial charge in [0.1, 0.15) is 6.04 Å². The SMILES string of the molecule is CC(NC(=O)c1ccccc1Cl)C(=O)Nc1ccc(NC(=O)CN2CCOCC2)cc1. The van der Waals surface area contributed by atoms with E-state index in [-0.39, 0.29) is 11.8 Å². The highest BCUT2D eigenvalue weighted by Crippen LogP contribution is 2.16. The van der Waals surface area contributed by atoms with Gasteiger partial charge in [0.2, 0.25) is 11.8 Å². The van der Waals surface area contributed by atoms with Crippen molar-refractivity contribution in [3.63, 3.8) is 0 Å². The number of carbonyl (C=O) groups excluding carboxylic acids is 3. The third-order valence-corrected chi connectivity index (χ3v) is 5.10. The predicted octanol–water partition coefficient (Wildman–Crippen LogP) is 2.37. The molecule has 0 aliphatic carbocycles. The minimum atomic E-state index is -0.767. The van der Waals surface area contributed by atoms with Crippen LogP contribution in [0.2, 0.25) is 5.02 Å². The topological polar surface area (TPSA) is 99.8 Å². The summed E-state index contributed by atoms with van der Waals surface area (Å²) < 4.78 is 5.27. The molecule has 2 aromatic carbocycles. The van der Waals surface area contributed by atoms with E-state index in [1.165, 1.54) is 0 Å². The van der Waals surface area contributed by atoms with Crippen LogP contribution in [0.15, 0.2) is 48.5 Å². The van der Waals surface area contributed by atoms with E-state index >= 15 is 0 Å². The number of nitrogens with one attached hydrogen (secondary N) is 3. The Morgan fingerprint density at radius 2 is 1.61 bits per heavy atom. The molecule has 1 fully saturated rings. The Bertz CT molecular complexity index is 929. The number of anilines is 2. The lowest BCUT2D eigenvalue weighted by molar-refractivity contribution is -0.118. The lowest BCUT2D eigenvalue weighted by atomic mass is 10.2. The maximum absolute atomic E-state index is 12.4. The number of hydrogen-bond acceptors (Lipinski definition) is 5. The third kappa shape index (κ3) is 6.78. The minimum absolute atomic E-state index is 0.102. The second kappa shape index (κ2) is 10.9. The molecule has 0 aromatic heterocycles. The van der Waals surface area contributed by atoms with E-state index in [2.05, 4.69) is 16.0 Å². The Morgan fingerprint density at radius 3 is 2.26 bits per heavy atom. The first-order valence-corrected chi connectivity index (χ1v) is 10.4. The summed E-state index contributed by atoms with van der Waals surface area (Å²) in [4.78, 5) is 38.9. The number of ether oxygens (including phenoxy) is 1. The summed E-state index contributed by atoms with van der Waals surface area (Å²) in [6.45, 7) is 4.65. The van der Waals surface area contributed by atoms with Crippen molar-refractivity contribution in [2.24, 2.45) is 0 Å². The van der Waals surface area contributed by atoms with Crippen LogP contribution < -0.4 is 16.0 Å². The summed E-state index contributed by atoms with van der Waals surface area (Å²) in [6, 6.07) is 12.7. The van der Waals surface area contributed by atoms with E-state index in [1.54, 1.807) is 55.5 Å². The van der Waals surface area contributed by atoms with E-state index in [4.69, 9.17) is 16.3 Å². The quantitative estimate of drug-likeness (QED) is 0.608. The second-order valence-electron chi connectivity index (χ2n) is 7.18. The molecule has 31 heavy (non-hydrogen) atoms. The molecule has 2 aromatic rings. The number of carbonyl (C=O) groups is 3. The van der Waals surface area contributed by atoms with Crippen molar-refractivity contribution >= 4 is 40.7 Å². The number of halogens is 1. The summed E-state index contributed by atoms with van der Waals surface area (Å²) in [5.74, 6) is -0.898. The molecular weight excluding hydrogens is 420 g/mol. The lowest BCUT2D eigenvalue weighted by Crippen LogP contribution is -2.41. The van der Waals surface area contributed by atoms with Gasteiger partial charge in [-0.15, -0.1) is 0 Å². The third-order valence-electron chi connectivity index (χ3n) is 4.77. The molecule has 1 aliphatic heterocycles. The largest absolute Gasteiger partial charge is 0.379 e. The zero-order valence-corrected chi connectivity index (χ0v) is 17.9. The highest BCUT2D eigenvalue weighted by atomic mass is 35.5. The van der Waals surface area contributed by atoms with Crippen molar-refractivity contribution in [2.45, 2.75) is 13.0 Å². The Balaban J connectivity index is 1.48. The number of amides is 3. The Hall–Kier alpha value is -2.94. The van der Waals surface area contributed by atoms with Gasteiger partial charge in [0.05, 0.1) is 30.3 Å². The zero-order chi connectivity index (χ0) is 22.2. The average Bonchev–Trinajstić information content (AvgIpc) is 2.76. The molecule has 0 saturated carbocycles. The summed E-state index contributed by atoms with van der Waals surface area (Å²) in [7, 11) is 0. The van der Waals surface area contributed by atoms with Crippen LogP contribution in [0, 0.1) is 0 Å². The van der Waals surface area contributed by atoms with E-state index < -0.39 is 11.9 Å². The molecule has 0 bridgehead atoms. The first kappa shape index (κ1) is 22.7. The number of hydrogen-bond donors (Lipinski definition) is 3. The molecule has 9 heteroatoms.